The highest BCUT2D eigenvalue weighted by atomic mass is 16.5. The summed E-state index contributed by atoms with van der Waals surface area (Å²) in [5, 5.41) is 11.1. The number of anilines is 1. The van der Waals surface area contributed by atoms with Crippen LogP contribution in [0.1, 0.15) is 19.2 Å². The molecule has 1 aromatic rings. The minimum absolute atomic E-state index is 0.291. The van der Waals surface area contributed by atoms with Crippen LogP contribution in [0.4, 0.5) is 6.01 Å². The molecule has 3 N–H and O–H groups in total. The van der Waals surface area contributed by atoms with Crippen molar-refractivity contribution in [1.82, 2.24) is 15.5 Å². The number of hydrogen-bond donors (Lipinski definition) is 2. The lowest BCUT2D eigenvalue weighted by Gasteiger charge is -2.19. The van der Waals surface area contributed by atoms with Crippen molar-refractivity contribution in [2.75, 3.05) is 38.3 Å². The molecule has 2 heterocycles. The van der Waals surface area contributed by atoms with Gasteiger partial charge in [-0.15, -0.1) is 5.10 Å². The van der Waals surface area contributed by atoms with E-state index in [0.717, 1.165) is 6.54 Å². The second-order valence-electron chi connectivity index (χ2n) is 5.24. The smallest absolute Gasteiger partial charge is 0.318 e. The fraction of sp³-hybridized carbons (Fsp3) is 0.750. The third-order valence-corrected chi connectivity index (χ3v) is 3.55. The molecule has 8 nitrogen and oxygen atoms in total. The number of carbonyl (C=O) groups is 1. The molecule has 1 aromatic heterocycles. The average Bonchev–Trinajstić information content (AvgIpc) is 3.02. The Kier molecular flexibility index (Phi) is 4.56. The molecule has 0 aliphatic carbocycles. The van der Waals surface area contributed by atoms with Gasteiger partial charge in [0.25, 0.3) is 0 Å². The number of aromatic nitrogens is 2. The Morgan fingerprint density at radius 1 is 1.60 bits per heavy atom. The number of nitrogens with zero attached hydrogens (tertiary/aromatic N) is 3. The van der Waals surface area contributed by atoms with Gasteiger partial charge >= 0.3 is 6.01 Å². The van der Waals surface area contributed by atoms with Crippen molar-refractivity contribution in [3.05, 3.63) is 5.89 Å². The van der Waals surface area contributed by atoms with Crippen LogP contribution in [0.15, 0.2) is 4.42 Å². The topological polar surface area (TPSA) is 107 Å². The van der Waals surface area contributed by atoms with E-state index in [1.54, 1.807) is 7.11 Å². The number of primary amides is 1. The van der Waals surface area contributed by atoms with Gasteiger partial charge in [-0.2, -0.15) is 0 Å². The van der Waals surface area contributed by atoms with Gasteiger partial charge in [0.2, 0.25) is 11.8 Å². The number of nitrogens with two attached hydrogens (primary N) is 1. The van der Waals surface area contributed by atoms with Gasteiger partial charge in [-0.25, -0.2) is 0 Å². The molecule has 0 spiro atoms. The van der Waals surface area contributed by atoms with E-state index in [1.807, 2.05) is 11.8 Å². The van der Waals surface area contributed by atoms with Crippen molar-refractivity contribution >= 4 is 11.9 Å². The Morgan fingerprint density at radius 3 is 3.05 bits per heavy atom. The minimum atomic E-state index is -0.522. The maximum Gasteiger partial charge on any atom is 0.318 e. The second-order valence-corrected chi connectivity index (χ2v) is 5.24. The first kappa shape index (κ1) is 14.7. The molecule has 1 saturated heterocycles. The average molecular weight is 283 g/mol. The summed E-state index contributed by atoms with van der Waals surface area (Å²) in [5.41, 5.74) is 4.90. The number of ether oxygens (including phenoxy) is 1. The molecule has 0 bridgehead atoms. The molecule has 1 aliphatic rings. The number of hydrogen-bond acceptors (Lipinski definition) is 7. The predicted octanol–water partition coefficient (Wildman–Crippen LogP) is -0.493. The van der Waals surface area contributed by atoms with E-state index in [1.165, 1.54) is 0 Å². The van der Waals surface area contributed by atoms with E-state index >= 15 is 0 Å². The fourth-order valence-electron chi connectivity index (χ4n) is 2.14. The first-order valence-corrected chi connectivity index (χ1v) is 6.62. The highest BCUT2D eigenvalue weighted by Gasteiger charge is 2.40. The fourth-order valence-corrected chi connectivity index (χ4v) is 2.14. The Hall–Kier alpha value is -1.67. The first-order chi connectivity index (χ1) is 9.55. The summed E-state index contributed by atoms with van der Waals surface area (Å²) >= 11 is 0. The van der Waals surface area contributed by atoms with Crippen LogP contribution in [0.25, 0.3) is 0 Å². The van der Waals surface area contributed by atoms with E-state index in [-0.39, 0.29) is 5.91 Å². The molecule has 112 valence electrons. The molecule has 1 unspecified atom stereocenters. The molecule has 8 heteroatoms. The van der Waals surface area contributed by atoms with E-state index in [4.69, 9.17) is 14.9 Å². The van der Waals surface area contributed by atoms with E-state index in [2.05, 4.69) is 15.5 Å². The van der Waals surface area contributed by atoms with Gasteiger partial charge in [0.05, 0.1) is 18.6 Å². The molecule has 0 saturated carbocycles. The van der Waals surface area contributed by atoms with Crippen molar-refractivity contribution in [3.63, 3.8) is 0 Å². The van der Waals surface area contributed by atoms with Crippen molar-refractivity contribution in [3.8, 4) is 0 Å². The van der Waals surface area contributed by atoms with Gasteiger partial charge in [0.15, 0.2) is 0 Å². The molecule has 20 heavy (non-hydrogen) atoms. The number of rotatable bonds is 7. The molecule has 2 rings (SSSR count). The molecular weight excluding hydrogens is 262 g/mol. The number of amides is 1. The molecular formula is C12H21N5O3. The van der Waals surface area contributed by atoms with Crippen LogP contribution in [0, 0.1) is 5.41 Å². The Morgan fingerprint density at radius 2 is 2.40 bits per heavy atom. The van der Waals surface area contributed by atoms with Crippen LogP contribution in [-0.4, -0.2) is 49.5 Å². The predicted molar refractivity (Wildman–Crippen MR) is 72.0 cm³/mol. The maximum atomic E-state index is 11.4. The van der Waals surface area contributed by atoms with Crippen LogP contribution in [-0.2, 0) is 16.1 Å². The van der Waals surface area contributed by atoms with Crippen LogP contribution < -0.4 is 16.0 Å². The number of carbonyl (C=O) groups excluding carboxylic acids is 1. The van der Waals surface area contributed by atoms with Gasteiger partial charge < -0.3 is 25.1 Å². The van der Waals surface area contributed by atoms with Crippen molar-refractivity contribution in [2.45, 2.75) is 19.9 Å². The van der Waals surface area contributed by atoms with Crippen LogP contribution >= 0.6 is 0 Å². The normalized spacial score (nSPS) is 22.4. The van der Waals surface area contributed by atoms with Gasteiger partial charge in [0.1, 0.15) is 0 Å². The summed E-state index contributed by atoms with van der Waals surface area (Å²) in [6, 6.07) is 0.443. The first-order valence-electron chi connectivity index (χ1n) is 6.62. The lowest BCUT2D eigenvalue weighted by atomic mass is 9.89. The second kappa shape index (κ2) is 6.19. The summed E-state index contributed by atoms with van der Waals surface area (Å²) in [6.07, 6.45) is 0.701. The summed E-state index contributed by atoms with van der Waals surface area (Å²) in [6.45, 7) is 4.91. The molecule has 1 amide bonds. The highest BCUT2D eigenvalue weighted by molar-refractivity contribution is 5.81. The van der Waals surface area contributed by atoms with Crippen LogP contribution in [0.5, 0.6) is 0 Å². The van der Waals surface area contributed by atoms with Gasteiger partial charge in [-0.3, -0.25) is 4.79 Å². The Labute approximate surface area is 117 Å². The SMILES string of the molecule is COCCNCc1nnc(N2CCC(C)(C(N)=O)C2)o1. The molecule has 1 atom stereocenters. The van der Waals surface area contributed by atoms with Crippen LogP contribution in [0.3, 0.4) is 0 Å². The quantitative estimate of drug-likeness (QED) is 0.650. The summed E-state index contributed by atoms with van der Waals surface area (Å²) in [4.78, 5) is 13.3. The lowest BCUT2D eigenvalue weighted by Crippen LogP contribution is -2.37. The maximum absolute atomic E-state index is 11.4. The lowest BCUT2D eigenvalue weighted by molar-refractivity contribution is -0.125. The van der Waals surface area contributed by atoms with Gasteiger partial charge in [-0.1, -0.05) is 5.10 Å². The highest BCUT2D eigenvalue weighted by Crippen LogP contribution is 2.32. The summed E-state index contributed by atoms with van der Waals surface area (Å²) in [5.74, 6) is 0.227. The van der Waals surface area contributed by atoms with Gasteiger partial charge in [-0.05, 0) is 13.3 Å². The molecule has 0 aromatic carbocycles. The van der Waals surface area contributed by atoms with Crippen LogP contribution in [0.2, 0.25) is 0 Å². The Balaban J connectivity index is 1.88. The van der Waals surface area contributed by atoms with Crippen molar-refractivity contribution in [2.24, 2.45) is 11.1 Å². The zero-order chi connectivity index (χ0) is 14.6. The monoisotopic (exact) mass is 283 g/mol. The number of nitrogens with one attached hydrogen (secondary N) is 1. The standard InChI is InChI=1S/C12H21N5O3/c1-12(10(13)18)3-5-17(8-12)11-16-15-9(20-11)7-14-4-6-19-2/h14H,3-8H2,1-2H3,(H2,13,18). The van der Waals surface area contributed by atoms with E-state index in [0.29, 0.717) is 44.6 Å². The molecule has 1 aliphatic heterocycles. The van der Waals surface area contributed by atoms with Crippen molar-refractivity contribution < 1.29 is 13.9 Å². The minimum Gasteiger partial charge on any atom is -0.407 e. The van der Waals surface area contributed by atoms with E-state index in [9.17, 15) is 4.79 Å². The third kappa shape index (κ3) is 3.26. The zero-order valence-corrected chi connectivity index (χ0v) is 11.9. The van der Waals surface area contributed by atoms with E-state index < -0.39 is 5.41 Å². The molecule has 1 fully saturated rings. The summed E-state index contributed by atoms with van der Waals surface area (Å²) in [7, 11) is 1.65. The summed E-state index contributed by atoms with van der Waals surface area (Å²) < 4.78 is 10.5. The third-order valence-electron chi connectivity index (χ3n) is 3.55. The molecule has 0 radical (unpaired) electrons. The number of methoxy groups -OCH3 is 1. The largest absolute Gasteiger partial charge is 0.407 e. The van der Waals surface area contributed by atoms with Crippen molar-refractivity contribution in [1.29, 1.82) is 0 Å². The Bertz CT molecular complexity index is 464. The zero-order valence-electron chi connectivity index (χ0n) is 11.9. The van der Waals surface area contributed by atoms with Gasteiger partial charge in [0, 0.05) is 26.7 Å².